The van der Waals surface area contributed by atoms with Gasteiger partial charge in [0.05, 0.1) is 36.2 Å². The zero-order chi connectivity index (χ0) is 17.3. The molecule has 7 heteroatoms. The van der Waals surface area contributed by atoms with Gasteiger partial charge >= 0.3 is 13.1 Å². The summed E-state index contributed by atoms with van der Waals surface area (Å²) in [5.41, 5.74) is 0.463. The monoisotopic (exact) mass is 319 g/mol. The van der Waals surface area contributed by atoms with Gasteiger partial charge < -0.3 is 19.2 Å². The Bertz CT molecular complexity index is 611. The SMILES string of the molecule is COC(=O)c1ccnc(C=C(CO)B2OC(C)(C)C(C)(C)O2)c1. The van der Waals surface area contributed by atoms with E-state index in [9.17, 15) is 9.90 Å². The van der Waals surface area contributed by atoms with E-state index in [1.54, 1.807) is 18.2 Å². The van der Waals surface area contributed by atoms with Gasteiger partial charge in [0.15, 0.2) is 0 Å². The lowest BCUT2D eigenvalue weighted by Gasteiger charge is -2.32. The van der Waals surface area contributed by atoms with Crippen LogP contribution in [0, 0.1) is 0 Å². The fraction of sp³-hybridized carbons (Fsp3) is 0.500. The summed E-state index contributed by atoms with van der Waals surface area (Å²) < 4.78 is 16.5. The Labute approximate surface area is 136 Å². The molecule has 0 atom stereocenters. The van der Waals surface area contributed by atoms with Crippen molar-refractivity contribution >= 4 is 19.2 Å². The first-order chi connectivity index (χ1) is 10.7. The summed E-state index contributed by atoms with van der Waals surface area (Å²) in [5.74, 6) is -0.441. The molecule has 0 saturated carbocycles. The summed E-state index contributed by atoms with van der Waals surface area (Å²) >= 11 is 0. The second kappa shape index (κ2) is 6.43. The molecule has 0 aliphatic carbocycles. The highest BCUT2D eigenvalue weighted by atomic mass is 16.7. The number of aromatic nitrogens is 1. The predicted molar refractivity (Wildman–Crippen MR) is 86.7 cm³/mol. The highest BCUT2D eigenvalue weighted by Crippen LogP contribution is 2.38. The fourth-order valence-corrected chi connectivity index (χ4v) is 2.14. The summed E-state index contributed by atoms with van der Waals surface area (Å²) in [6.45, 7) is 7.54. The van der Waals surface area contributed by atoms with E-state index in [1.807, 2.05) is 27.7 Å². The van der Waals surface area contributed by atoms with Crippen LogP contribution in [0.15, 0.2) is 23.8 Å². The number of aliphatic hydroxyl groups is 1. The molecule has 23 heavy (non-hydrogen) atoms. The van der Waals surface area contributed by atoms with Crippen LogP contribution < -0.4 is 0 Å². The normalized spacial score (nSPS) is 19.7. The van der Waals surface area contributed by atoms with E-state index >= 15 is 0 Å². The van der Waals surface area contributed by atoms with Crippen LogP contribution in [-0.2, 0) is 14.0 Å². The zero-order valence-electron chi connectivity index (χ0n) is 14.1. The molecule has 124 valence electrons. The lowest BCUT2D eigenvalue weighted by molar-refractivity contribution is 0.00578. The maximum Gasteiger partial charge on any atom is 0.492 e. The average molecular weight is 319 g/mol. The van der Waals surface area contributed by atoms with Crippen LogP contribution >= 0.6 is 0 Å². The number of carbonyl (C=O) groups excluding carboxylic acids is 1. The van der Waals surface area contributed by atoms with Crippen molar-refractivity contribution in [3.05, 3.63) is 35.1 Å². The van der Waals surface area contributed by atoms with Gasteiger partial charge in [-0.05, 0) is 51.4 Å². The molecule has 1 aromatic rings. The van der Waals surface area contributed by atoms with Crippen LogP contribution in [0.3, 0.4) is 0 Å². The number of pyridine rings is 1. The molecule has 0 unspecified atom stereocenters. The molecule has 1 aliphatic heterocycles. The van der Waals surface area contributed by atoms with Crippen molar-refractivity contribution < 1.29 is 23.9 Å². The Morgan fingerprint density at radius 3 is 2.48 bits per heavy atom. The first-order valence-electron chi connectivity index (χ1n) is 7.41. The topological polar surface area (TPSA) is 77.9 Å². The van der Waals surface area contributed by atoms with Gasteiger partial charge in [-0.1, -0.05) is 0 Å². The average Bonchev–Trinajstić information content (AvgIpc) is 2.72. The number of aliphatic hydroxyl groups excluding tert-OH is 1. The Morgan fingerprint density at radius 1 is 1.35 bits per heavy atom. The number of hydrogen-bond acceptors (Lipinski definition) is 6. The van der Waals surface area contributed by atoms with Crippen molar-refractivity contribution in [2.24, 2.45) is 0 Å². The smallest absolute Gasteiger partial charge is 0.465 e. The van der Waals surface area contributed by atoms with Gasteiger partial charge in [-0.25, -0.2) is 4.79 Å². The Morgan fingerprint density at radius 2 is 1.96 bits per heavy atom. The first kappa shape index (κ1) is 17.7. The van der Waals surface area contributed by atoms with Gasteiger partial charge in [-0.3, -0.25) is 4.98 Å². The predicted octanol–water partition coefficient (Wildman–Crippen LogP) is 1.88. The van der Waals surface area contributed by atoms with Gasteiger partial charge in [-0.2, -0.15) is 0 Å². The van der Waals surface area contributed by atoms with Crippen molar-refractivity contribution in [3.8, 4) is 0 Å². The zero-order valence-corrected chi connectivity index (χ0v) is 14.1. The van der Waals surface area contributed by atoms with Gasteiger partial charge in [0.2, 0.25) is 0 Å². The van der Waals surface area contributed by atoms with E-state index in [4.69, 9.17) is 14.0 Å². The minimum atomic E-state index is -0.659. The third kappa shape index (κ3) is 3.63. The number of hydrogen-bond donors (Lipinski definition) is 1. The first-order valence-corrected chi connectivity index (χ1v) is 7.41. The molecule has 1 fully saturated rings. The molecule has 0 aromatic carbocycles. The molecule has 6 nitrogen and oxygen atoms in total. The summed E-state index contributed by atoms with van der Waals surface area (Å²) in [4.78, 5) is 15.8. The maximum atomic E-state index is 11.6. The molecule has 1 N–H and O–H groups in total. The van der Waals surface area contributed by atoms with Crippen LogP contribution in [0.25, 0.3) is 6.08 Å². The van der Waals surface area contributed by atoms with Crippen molar-refractivity contribution in [1.29, 1.82) is 0 Å². The Balaban J connectivity index is 2.28. The molecule has 1 aromatic heterocycles. The molecule has 2 rings (SSSR count). The van der Waals surface area contributed by atoms with E-state index in [2.05, 4.69) is 4.98 Å². The molecular formula is C16H22BNO5. The highest BCUT2D eigenvalue weighted by molar-refractivity contribution is 6.55. The second-order valence-electron chi connectivity index (χ2n) is 6.43. The third-order valence-electron chi connectivity index (χ3n) is 4.27. The number of methoxy groups -OCH3 is 1. The van der Waals surface area contributed by atoms with E-state index in [0.717, 1.165) is 0 Å². The summed E-state index contributed by atoms with van der Waals surface area (Å²) in [6.07, 6.45) is 3.17. The van der Waals surface area contributed by atoms with Crippen molar-refractivity contribution in [3.63, 3.8) is 0 Å². The molecule has 2 heterocycles. The third-order valence-corrected chi connectivity index (χ3v) is 4.27. The molecular weight excluding hydrogens is 297 g/mol. The summed E-state index contributed by atoms with van der Waals surface area (Å²) in [7, 11) is 0.663. The van der Waals surface area contributed by atoms with Crippen molar-refractivity contribution in [2.75, 3.05) is 13.7 Å². The van der Waals surface area contributed by atoms with Gasteiger partial charge in [0, 0.05) is 6.20 Å². The minimum Gasteiger partial charge on any atom is -0.465 e. The largest absolute Gasteiger partial charge is 0.492 e. The molecule has 0 bridgehead atoms. The number of carbonyl (C=O) groups is 1. The molecule has 1 saturated heterocycles. The van der Waals surface area contributed by atoms with E-state index in [0.29, 0.717) is 16.7 Å². The van der Waals surface area contributed by atoms with Gasteiger partial charge in [0.25, 0.3) is 0 Å². The molecule has 0 spiro atoms. The van der Waals surface area contributed by atoms with E-state index < -0.39 is 24.3 Å². The van der Waals surface area contributed by atoms with Crippen molar-refractivity contribution in [1.82, 2.24) is 4.98 Å². The van der Waals surface area contributed by atoms with Crippen LogP contribution in [0.2, 0.25) is 0 Å². The van der Waals surface area contributed by atoms with Crippen LogP contribution in [-0.4, -0.2) is 48.1 Å². The van der Waals surface area contributed by atoms with Gasteiger partial charge in [-0.15, -0.1) is 0 Å². The standard InChI is InChI=1S/C16H22BNO5/c1-15(2)16(3,4)23-17(22-15)12(10-19)9-13-8-11(6-7-18-13)14(20)21-5/h6-9,19H,10H2,1-5H3. The number of ether oxygens (including phenoxy) is 1. The summed E-state index contributed by atoms with van der Waals surface area (Å²) in [6, 6.07) is 3.16. The van der Waals surface area contributed by atoms with Crippen LogP contribution in [0.1, 0.15) is 43.7 Å². The van der Waals surface area contributed by atoms with Crippen LogP contribution in [0.4, 0.5) is 0 Å². The quantitative estimate of drug-likeness (QED) is 0.674. The molecule has 0 radical (unpaired) electrons. The number of nitrogens with zero attached hydrogens (tertiary/aromatic N) is 1. The van der Waals surface area contributed by atoms with Crippen molar-refractivity contribution in [2.45, 2.75) is 38.9 Å². The number of esters is 1. The summed E-state index contributed by atoms with van der Waals surface area (Å²) in [5, 5.41) is 9.67. The van der Waals surface area contributed by atoms with E-state index in [-0.39, 0.29) is 6.61 Å². The van der Waals surface area contributed by atoms with Gasteiger partial charge in [0.1, 0.15) is 0 Å². The van der Waals surface area contributed by atoms with Crippen LogP contribution in [0.5, 0.6) is 0 Å². The highest BCUT2D eigenvalue weighted by Gasteiger charge is 2.52. The number of rotatable bonds is 4. The second-order valence-corrected chi connectivity index (χ2v) is 6.43. The fourth-order valence-electron chi connectivity index (χ4n) is 2.14. The maximum absolute atomic E-state index is 11.6. The lowest BCUT2D eigenvalue weighted by atomic mass is 9.78. The molecule has 0 amide bonds. The van der Waals surface area contributed by atoms with E-state index in [1.165, 1.54) is 13.3 Å². The lowest BCUT2D eigenvalue weighted by Crippen LogP contribution is -2.41. The Kier molecular flexibility index (Phi) is 4.94. The molecule has 1 aliphatic rings. The minimum absolute atomic E-state index is 0.235. The Hall–Kier alpha value is -1.70.